The van der Waals surface area contributed by atoms with E-state index in [4.69, 9.17) is 15.2 Å². The lowest BCUT2D eigenvalue weighted by Gasteiger charge is -2.38. The Morgan fingerprint density at radius 1 is 1.21 bits per heavy atom. The number of benzene rings is 1. The van der Waals surface area contributed by atoms with Crippen LogP contribution in [0.2, 0.25) is 0 Å². The Bertz CT molecular complexity index is 1490. The molecule has 0 bridgehead atoms. The van der Waals surface area contributed by atoms with E-state index < -0.39 is 11.7 Å². The van der Waals surface area contributed by atoms with Gasteiger partial charge in [-0.15, -0.1) is 5.10 Å². The molecule has 3 aromatic rings. The first-order valence-electron chi connectivity index (χ1n) is 13.2. The molecule has 2 saturated heterocycles. The van der Waals surface area contributed by atoms with Crippen LogP contribution in [0.3, 0.4) is 0 Å². The van der Waals surface area contributed by atoms with Crippen LogP contribution in [-0.4, -0.2) is 86.8 Å². The summed E-state index contributed by atoms with van der Waals surface area (Å²) >= 11 is 0. The summed E-state index contributed by atoms with van der Waals surface area (Å²) in [5.41, 5.74) is 8.35. The minimum atomic E-state index is -0.609. The highest BCUT2D eigenvalue weighted by molar-refractivity contribution is 5.94. The van der Waals surface area contributed by atoms with E-state index in [0.717, 1.165) is 42.7 Å². The summed E-state index contributed by atoms with van der Waals surface area (Å²) < 4.78 is 27.8. The number of aromatic nitrogens is 5. The van der Waals surface area contributed by atoms with Crippen LogP contribution in [0.4, 0.5) is 20.8 Å². The molecular weight excluding hydrogens is 509 g/mol. The van der Waals surface area contributed by atoms with Crippen molar-refractivity contribution in [2.75, 3.05) is 49.5 Å². The Labute approximate surface area is 222 Å². The number of ether oxygens (including phenoxy) is 2. The number of nitrogens with two attached hydrogens (primary N) is 1. The van der Waals surface area contributed by atoms with Gasteiger partial charge in [0.05, 0.1) is 24.8 Å². The Balaban J connectivity index is 1.00. The minimum absolute atomic E-state index is 0.116. The van der Waals surface area contributed by atoms with Crippen LogP contribution in [0.1, 0.15) is 24.0 Å². The highest BCUT2D eigenvalue weighted by Crippen LogP contribution is 2.38. The zero-order chi connectivity index (χ0) is 26.7. The van der Waals surface area contributed by atoms with E-state index in [1.807, 2.05) is 0 Å². The molecule has 2 fully saturated rings. The van der Waals surface area contributed by atoms with Crippen molar-refractivity contribution in [3.8, 4) is 5.88 Å². The molecule has 1 aromatic carbocycles. The maximum atomic E-state index is 14.9. The summed E-state index contributed by atoms with van der Waals surface area (Å²) in [6.45, 7) is 3.58. The second kappa shape index (κ2) is 9.09. The van der Waals surface area contributed by atoms with Gasteiger partial charge in [0.25, 0.3) is 11.8 Å². The molecule has 4 aliphatic rings. The third kappa shape index (κ3) is 4.14. The summed E-state index contributed by atoms with van der Waals surface area (Å²) in [6.07, 6.45) is 3.77. The maximum absolute atomic E-state index is 14.9. The molecule has 3 aliphatic heterocycles. The first-order chi connectivity index (χ1) is 18.9. The van der Waals surface area contributed by atoms with Crippen molar-refractivity contribution in [2.24, 2.45) is 11.7 Å². The number of likely N-dealkylation sites (tertiary alicyclic amines) is 1. The minimum Gasteiger partial charge on any atom is -0.465 e. The van der Waals surface area contributed by atoms with Gasteiger partial charge < -0.3 is 25.4 Å². The van der Waals surface area contributed by atoms with Crippen molar-refractivity contribution in [3.63, 3.8) is 0 Å². The molecule has 39 heavy (non-hydrogen) atoms. The van der Waals surface area contributed by atoms with Crippen LogP contribution in [0.15, 0.2) is 12.3 Å². The summed E-state index contributed by atoms with van der Waals surface area (Å²) in [5.74, 6) is 0.471. The van der Waals surface area contributed by atoms with Gasteiger partial charge in [-0.1, -0.05) is 5.21 Å². The highest BCUT2D eigenvalue weighted by Gasteiger charge is 2.48. The SMILES string of the molecule is NCCn1nnc2cc(F)c3c(c21)CC(CN1CCC2(CC1)CN(c1cnc4c(n1)NC(=O)CO4)C(=O)O2)C3. The molecular formula is C25H28FN9O4. The zero-order valence-electron chi connectivity index (χ0n) is 21.2. The number of anilines is 2. The molecule has 0 radical (unpaired) electrons. The van der Waals surface area contributed by atoms with E-state index in [1.54, 1.807) is 4.68 Å². The second-order valence-electron chi connectivity index (χ2n) is 10.7. The highest BCUT2D eigenvalue weighted by atomic mass is 19.1. The standard InChI is InChI=1S/C25H28FN9O4/c26-17-9-18-21(35(6-3-27)32-31-18)16-8-14(7-15(16)17)11-33-4-1-25(2-5-33)13-34(24(37)39-25)19-10-28-23-22(29-19)30-20(36)12-38-23/h9-10,14H,1-8,11-13,27H2,(H,29,30,36). The Morgan fingerprint density at radius 3 is 2.85 bits per heavy atom. The van der Waals surface area contributed by atoms with Crippen molar-refractivity contribution in [1.29, 1.82) is 0 Å². The number of rotatable bonds is 5. The van der Waals surface area contributed by atoms with Crippen LogP contribution >= 0.6 is 0 Å². The number of carbonyl (C=O) groups is 2. The number of amides is 2. The van der Waals surface area contributed by atoms with E-state index in [0.29, 0.717) is 50.2 Å². The quantitative estimate of drug-likeness (QED) is 0.479. The fraction of sp³-hybridized carbons (Fsp3) is 0.520. The molecule has 14 heteroatoms. The van der Waals surface area contributed by atoms with Gasteiger partial charge in [-0.25, -0.2) is 23.8 Å². The molecule has 204 valence electrons. The number of halogens is 1. The lowest BCUT2D eigenvalue weighted by molar-refractivity contribution is -0.118. The van der Waals surface area contributed by atoms with Crippen molar-refractivity contribution in [2.45, 2.75) is 37.8 Å². The van der Waals surface area contributed by atoms with Gasteiger partial charge in [-0.05, 0) is 29.9 Å². The van der Waals surface area contributed by atoms with Gasteiger partial charge >= 0.3 is 6.09 Å². The van der Waals surface area contributed by atoms with E-state index in [-0.39, 0.29) is 35.9 Å². The smallest absolute Gasteiger partial charge is 0.416 e. The van der Waals surface area contributed by atoms with Gasteiger partial charge in [0.1, 0.15) is 16.9 Å². The number of nitrogens with one attached hydrogen (secondary N) is 1. The fourth-order valence-electron chi connectivity index (χ4n) is 6.28. The van der Waals surface area contributed by atoms with Gasteiger partial charge in [0.15, 0.2) is 18.2 Å². The summed E-state index contributed by atoms with van der Waals surface area (Å²) in [6, 6.07) is 1.48. The number of hydrogen-bond acceptors (Lipinski definition) is 10. The summed E-state index contributed by atoms with van der Waals surface area (Å²) in [4.78, 5) is 36.8. The lowest BCUT2D eigenvalue weighted by atomic mass is 9.90. The second-order valence-corrected chi connectivity index (χ2v) is 10.7. The molecule has 1 spiro atoms. The first-order valence-corrected chi connectivity index (χ1v) is 13.2. The first kappa shape index (κ1) is 24.2. The van der Waals surface area contributed by atoms with Crippen LogP contribution in [0.5, 0.6) is 5.88 Å². The third-order valence-corrected chi connectivity index (χ3v) is 8.14. The monoisotopic (exact) mass is 537 g/mol. The van der Waals surface area contributed by atoms with Gasteiger partial charge in [-0.2, -0.15) is 0 Å². The molecule has 3 N–H and O–H groups in total. The molecule has 2 aromatic heterocycles. The summed E-state index contributed by atoms with van der Waals surface area (Å²) in [7, 11) is 0. The number of hydrogen-bond donors (Lipinski definition) is 2. The van der Waals surface area contributed by atoms with E-state index in [9.17, 15) is 14.0 Å². The van der Waals surface area contributed by atoms with Crippen molar-refractivity contribution in [3.05, 3.63) is 29.2 Å². The largest absolute Gasteiger partial charge is 0.465 e. The average molecular weight is 538 g/mol. The topological polar surface area (TPSA) is 154 Å². The molecule has 5 heterocycles. The van der Waals surface area contributed by atoms with Crippen molar-refractivity contribution in [1.82, 2.24) is 29.9 Å². The van der Waals surface area contributed by atoms with Gasteiger partial charge in [0.2, 0.25) is 0 Å². The molecule has 0 saturated carbocycles. The fourth-order valence-corrected chi connectivity index (χ4v) is 6.28. The Hall–Kier alpha value is -3.91. The van der Waals surface area contributed by atoms with Crippen LogP contribution in [0.25, 0.3) is 11.0 Å². The number of carbonyl (C=O) groups excluding carboxylic acids is 2. The maximum Gasteiger partial charge on any atom is 0.416 e. The lowest BCUT2D eigenvalue weighted by Crippen LogP contribution is -2.48. The van der Waals surface area contributed by atoms with Gasteiger partial charge in [-0.3, -0.25) is 9.69 Å². The van der Waals surface area contributed by atoms with E-state index in [2.05, 4.69) is 30.5 Å². The molecule has 7 rings (SSSR count). The van der Waals surface area contributed by atoms with Crippen LogP contribution in [-0.2, 0) is 28.9 Å². The van der Waals surface area contributed by atoms with Gasteiger partial charge in [0, 0.05) is 45.1 Å². The van der Waals surface area contributed by atoms with Crippen LogP contribution < -0.4 is 20.7 Å². The predicted molar refractivity (Wildman–Crippen MR) is 136 cm³/mol. The zero-order valence-corrected chi connectivity index (χ0v) is 21.2. The molecule has 13 nitrogen and oxygen atoms in total. The third-order valence-electron chi connectivity index (χ3n) is 8.14. The van der Waals surface area contributed by atoms with E-state index >= 15 is 0 Å². The molecule has 1 unspecified atom stereocenters. The Morgan fingerprint density at radius 2 is 2.03 bits per heavy atom. The average Bonchev–Trinajstić information content (AvgIpc) is 3.61. The Kier molecular flexibility index (Phi) is 5.63. The van der Waals surface area contributed by atoms with Crippen LogP contribution in [0, 0.1) is 11.7 Å². The number of piperidine rings is 1. The molecule has 1 aliphatic carbocycles. The molecule has 1 atom stereocenters. The number of fused-ring (bicyclic) bond motifs is 4. The van der Waals surface area contributed by atoms with Crippen molar-refractivity contribution < 1.29 is 23.5 Å². The van der Waals surface area contributed by atoms with Crippen molar-refractivity contribution >= 4 is 34.7 Å². The summed E-state index contributed by atoms with van der Waals surface area (Å²) in [5, 5.41) is 10.9. The predicted octanol–water partition coefficient (Wildman–Crippen LogP) is 0.856. The number of nitrogens with zero attached hydrogens (tertiary/aromatic N) is 7. The molecule has 2 amide bonds. The van der Waals surface area contributed by atoms with E-state index in [1.165, 1.54) is 17.2 Å². The normalized spacial score (nSPS) is 22.1.